The minimum Gasteiger partial charge on any atom is -0.342 e. The minimum absolute atomic E-state index is 0.115. The van der Waals surface area contributed by atoms with E-state index in [0.717, 1.165) is 37.9 Å². The van der Waals surface area contributed by atoms with Gasteiger partial charge in [0.25, 0.3) is 0 Å². The average Bonchev–Trinajstić information content (AvgIpc) is 3.30. The van der Waals surface area contributed by atoms with Gasteiger partial charge in [-0.3, -0.25) is 4.79 Å². The third-order valence-corrected chi connectivity index (χ3v) is 5.81. The molecule has 3 nitrogen and oxygen atoms in total. The molecule has 0 bridgehead atoms. The van der Waals surface area contributed by atoms with Gasteiger partial charge in [0, 0.05) is 25.0 Å². The van der Waals surface area contributed by atoms with E-state index in [1.165, 1.54) is 0 Å². The molecule has 2 aliphatic rings. The molecule has 0 spiro atoms. The molecule has 0 aromatic heterocycles. The van der Waals surface area contributed by atoms with Crippen molar-refractivity contribution in [2.45, 2.75) is 38.1 Å². The van der Waals surface area contributed by atoms with Crippen LogP contribution in [0.2, 0.25) is 10.0 Å². The monoisotopic (exact) mass is 340 g/mol. The number of halogens is 2. The van der Waals surface area contributed by atoms with Gasteiger partial charge in [-0.2, -0.15) is 0 Å². The number of amides is 1. The Morgan fingerprint density at radius 2 is 1.95 bits per heavy atom. The Morgan fingerprint density at radius 3 is 2.55 bits per heavy atom. The van der Waals surface area contributed by atoms with Crippen LogP contribution < -0.4 is 5.73 Å². The maximum atomic E-state index is 12.6. The summed E-state index contributed by atoms with van der Waals surface area (Å²) in [6.07, 6.45) is 2.96. The van der Waals surface area contributed by atoms with Gasteiger partial charge in [-0.25, -0.2) is 0 Å². The summed E-state index contributed by atoms with van der Waals surface area (Å²) >= 11 is 12.0. The molecule has 0 radical (unpaired) electrons. The Bertz CT molecular complexity index is 568. The molecule has 1 amide bonds. The first-order valence-electron chi connectivity index (χ1n) is 7.96. The zero-order valence-corrected chi connectivity index (χ0v) is 14.3. The first-order chi connectivity index (χ1) is 10.5. The molecule has 1 heterocycles. The van der Waals surface area contributed by atoms with Crippen LogP contribution in [-0.4, -0.2) is 29.9 Å². The Kier molecular flexibility index (Phi) is 4.67. The molecule has 2 N–H and O–H groups in total. The number of hydrogen-bond acceptors (Lipinski definition) is 2. The number of nitrogens with zero attached hydrogens (tertiary/aromatic N) is 1. The van der Waals surface area contributed by atoms with Crippen LogP contribution in [0, 0.1) is 11.8 Å². The lowest BCUT2D eigenvalue weighted by atomic mass is 9.91. The fourth-order valence-corrected chi connectivity index (χ4v) is 3.77. The van der Waals surface area contributed by atoms with Crippen LogP contribution in [0.15, 0.2) is 18.2 Å². The summed E-state index contributed by atoms with van der Waals surface area (Å²) < 4.78 is 0. The van der Waals surface area contributed by atoms with E-state index in [2.05, 4.69) is 6.92 Å². The summed E-state index contributed by atoms with van der Waals surface area (Å²) in [4.78, 5) is 14.6. The van der Waals surface area contributed by atoms with Crippen molar-refractivity contribution in [3.8, 4) is 0 Å². The summed E-state index contributed by atoms with van der Waals surface area (Å²) in [5.41, 5.74) is 7.08. The van der Waals surface area contributed by atoms with Crippen molar-refractivity contribution in [3.05, 3.63) is 33.8 Å². The van der Waals surface area contributed by atoms with E-state index in [-0.39, 0.29) is 12.0 Å². The Morgan fingerprint density at radius 1 is 1.27 bits per heavy atom. The molecule has 1 aromatic carbocycles. The van der Waals surface area contributed by atoms with Gasteiger partial charge in [-0.15, -0.1) is 0 Å². The quantitative estimate of drug-likeness (QED) is 0.912. The molecular formula is C17H22Cl2N2O. The fourth-order valence-electron chi connectivity index (χ4n) is 3.46. The SMILES string of the molecule is CC(N)C1CCN(C(=O)C2CC2c2ccc(Cl)c(Cl)c2)CC1. The van der Waals surface area contributed by atoms with Gasteiger partial charge < -0.3 is 10.6 Å². The maximum absolute atomic E-state index is 12.6. The standard InChI is InChI=1S/C17H22Cl2N2O/c1-10(20)11-4-6-21(7-5-11)17(22)14-9-13(14)12-2-3-15(18)16(19)8-12/h2-3,8,10-11,13-14H,4-7,9,20H2,1H3. The predicted molar refractivity (Wildman–Crippen MR) is 90.3 cm³/mol. The highest BCUT2D eigenvalue weighted by Gasteiger charge is 2.46. The topological polar surface area (TPSA) is 46.3 Å². The first kappa shape index (κ1) is 16.1. The van der Waals surface area contributed by atoms with E-state index >= 15 is 0 Å². The zero-order chi connectivity index (χ0) is 15.9. The van der Waals surface area contributed by atoms with Crippen LogP contribution in [0.4, 0.5) is 0 Å². The molecule has 22 heavy (non-hydrogen) atoms. The number of likely N-dealkylation sites (tertiary alicyclic amines) is 1. The highest BCUT2D eigenvalue weighted by atomic mass is 35.5. The van der Waals surface area contributed by atoms with Gasteiger partial charge in [0.2, 0.25) is 5.91 Å². The molecule has 1 aliphatic carbocycles. The van der Waals surface area contributed by atoms with Crippen LogP contribution in [0.1, 0.15) is 37.7 Å². The number of nitrogens with two attached hydrogens (primary N) is 1. The van der Waals surface area contributed by atoms with E-state index in [9.17, 15) is 4.79 Å². The molecular weight excluding hydrogens is 319 g/mol. The van der Waals surface area contributed by atoms with Crippen LogP contribution in [0.5, 0.6) is 0 Å². The van der Waals surface area contributed by atoms with Crippen molar-refractivity contribution in [2.75, 3.05) is 13.1 Å². The first-order valence-corrected chi connectivity index (χ1v) is 8.72. The highest BCUT2D eigenvalue weighted by Crippen LogP contribution is 2.49. The second kappa shape index (κ2) is 6.38. The number of hydrogen-bond donors (Lipinski definition) is 1. The molecule has 1 aliphatic heterocycles. The number of piperidine rings is 1. The van der Waals surface area contributed by atoms with Gasteiger partial charge in [0.1, 0.15) is 0 Å². The summed E-state index contributed by atoms with van der Waals surface area (Å²) in [6, 6.07) is 5.91. The van der Waals surface area contributed by atoms with E-state index in [1.807, 2.05) is 23.1 Å². The smallest absolute Gasteiger partial charge is 0.226 e. The molecule has 3 atom stereocenters. The molecule has 3 rings (SSSR count). The van der Waals surface area contributed by atoms with Crippen molar-refractivity contribution >= 4 is 29.1 Å². The zero-order valence-electron chi connectivity index (χ0n) is 12.8. The Labute approximate surface area is 141 Å². The highest BCUT2D eigenvalue weighted by molar-refractivity contribution is 6.42. The summed E-state index contributed by atoms with van der Waals surface area (Å²) in [7, 11) is 0. The van der Waals surface area contributed by atoms with E-state index in [0.29, 0.717) is 27.8 Å². The Balaban J connectivity index is 1.58. The molecule has 1 saturated carbocycles. The average molecular weight is 341 g/mol. The fraction of sp³-hybridized carbons (Fsp3) is 0.588. The number of carbonyl (C=O) groups is 1. The van der Waals surface area contributed by atoms with Gasteiger partial charge in [0.15, 0.2) is 0 Å². The lowest BCUT2D eigenvalue weighted by molar-refractivity contribution is -0.134. The number of carbonyl (C=O) groups excluding carboxylic acids is 1. The summed E-state index contributed by atoms with van der Waals surface area (Å²) in [5, 5.41) is 1.13. The summed E-state index contributed by atoms with van der Waals surface area (Å²) in [6.45, 7) is 3.74. The van der Waals surface area contributed by atoms with E-state index in [4.69, 9.17) is 28.9 Å². The minimum atomic E-state index is 0.115. The van der Waals surface area contributed by atoms with Crippen molar-refractivity contribution in [3.63, 3.8) is 0 Å². The van der Waals surface area contributed by atoms with Gasteiger partial charge in [0.05, 0.1) is 10.0 Å². The molecule has 1 aromatic rings. The molecule has 5 heteroatoms. The van der Waals surface area contributed by atoms with Crippen molar-refractivity contribution in [1.82, 2.24) is 4.90 Å². The van der Waals surface area contributed by atoms with Gasteiger partial charge in [-0.05, 0) is 55.7 Å². The molecule has 2 fully saturated rings. The summed E-state index contributed by atoms with van der Waals surface area (Å²) in [5.74, 6) is 1.26. The van der Waals surface area contributed by atoms with E-state index in [1.54, 1.807) is 0 Å². The van der Waals surface area contributed by atoms with Crippen LogP contribution in [0.3, 0.4) is 0 Å². The Hall–Kier alpha value is -0.770. The maximum Gasteiger partial charge on any atom is 0.226 e. The number of rotatable bonds is 3. The second-order valence-corrected chi connectivity index (χ2v) is 7.46. The van der Waals surface area contributed by atoms with Crippen molar-refractivity contribution < 1.29 is 4.79 Å². The predicted octanol–water partition coefficient (Wildman–Crippen LogP) is 3.68. The molecule has 120 valence electrons. The van der Waals surface area contributed by atoms with Crippen molar-refractivity contribution in [1.29, 1.82) is 0 Å². The second-order valence-electron chi connectivity index (χ2n) is 6.64. The van der Waals surface area contributed by atoms with E-state index < -0.39 is 0 Å². The third kappa shape index (κ3) is 3.27. The lowest BCUT2D eigenvalue weighted by Gasteiger charge is -2.34. The van der Waals surface area contributed by atoms with Crippen LogP contribution in [-0.2, 0) is 4.79 Å². The molecule has 1 saturated heterocycles. The largest absolute Gasteiger partial charge is 0.342 e. The third-order valence-electron chi connectivity index (χ3n) is 5.07. The number of benzene rings is 1. The van der Waals surface area contributed by atoms with Crippen molar-refractivity contribution in [2.24, 2.45) is 17.6 Å². The van der Waals surface area contributed by atoms with Gasteiger partial charge in [-0.1, -0.05) is 29.3 Å². The van der Waals surface area contributed by atoms with Crippen LogP contribution >= 0.6 is 23.2 Å². The molecule has 3 unspecified atom stereocenters. The lowest BCUT2D eigenvalue weighted by Crippen LogP contribution is -2.43. The van der Waals surface area contributed by atoms with Crippen LogP contribution in [0.25, 0.3) is 0 Å². The normalized spacial score (nSPS) is 26.8. The van der Waals surface area contributed by atoms with Gasteiger partial charge >= 0.3 is 0 Å².